The highest BCUT2D eigenvalue weighted by Gasteiger charge is 2.36. The summed E-state index contributed by atoms with van der Waals surface area (Å²) in [6, 6.07) is 11.7. The van der Waals surface area contributed by atoms with Crippen molar-refractivity contribution in [3.63, 3.8) is 0 Å². The number of hydrogen-bond acceptors (Lipinski definition) is 4. The van der Waals surface area contributed by atoms with Crippen LogP contribution in [-0.4, -0.2) is 14.3 Å². The third-order valence-corrected chi connectivity index (χ3v) is 5.65. The number of amides is 1. The number of thiol groups is 1. The van der Waals surface area contributed by atoms with Gasteiger partial charge in [0.2, 0.25) is 4.99 Å². The molecule has 0 fully saturated rings. The fourth-order valence-electron chi connectivity index (χ4n) is 2.12. The van der Waals surface area contributed by atoms with E-state index in [9.17, 15) is 13.2 Å². The van der Waals surface area contributed by atoms with Crippen molar-refractivity contribution in [1.82, 2.24) is 5.32 Å². The first-order valence-corrected chi connectivity index (χ1v) is 8.81. The van der Waals surface area contributed by atoms with Crippen LogP contribution in [0.15, 0.2) is 46.9 Å². The molecule has 2 rings (SSSR count). The van der Waals surface area contributed by atoms with Gasteiger partial charge in [-0.05, 0) is 37.1 Å². The Labute approximate surface area is 145 Å². The summed E-state index contributed by atoms with van der Waals surface area (Å²) in [5.74, 6) is -0.558. The van der Waals surface area contributed by atoms with Crippen molar-refractivity contribution in [1.29, 1.82) is 0 Å². The largest absolute Gasteiger partial charge is 0.318 e. The highest BCUT2D eigenvalue weighted by atomic mass is 79.9. The summed E-state index contributed by atoms with van der Waals surface area (Å²) in [7, 11) is -3.17. The smallest absolute Gasteiger partial charge is 0.253 e. The van der Waals surface area contributed by atoms with E-state index in [1.165, 1.54) is 0 Å². The van der Waals surface area contributed by atoms with Crippen molar-refractivity contribution in [3.05, 3.63) is 69.2 Å². The van der Waals surface area contributed by atoms with Gasteiger partial charge < -0.3 is 5.32 Å². The monoisotopic (exact) mass is 396 g/mol. The maximum Gasteiger partial charge on any atom is 0.253 e. The van der Waals surface area contributed by atoms with E-state index in [2.05, 4.69) is 21.2 Å². The molecule has 0 saturated carbocycles. The Morgan fingerprint density at radius 3 is 2.30 bits per heavy atom. The van der Waals surface area contributed by atoms with Crippen molar-refractivity contribution in [2.75, 3.05) is 0 Å². The molecule has 0 aliphatic carbocycles. The number of carbonyl (C=O) groups is 1. The average Bonchev–Trinajstić information content (AvgIpc) is 2.53. The molecule has 2 aromatic carbocycles. The van der Waals surface area contributed by atoms with Gasteiger partial charge in [-0.15, -0.1) is 0 Å². The van der Waals surface area contributed by atoms with Crippen molar-refractivity contribution in [3.8, 4) is 0 Å². The summed E-state index contributed by atoms with van der Waals surface area (Å²) in [5.41, 5.74) is 8.54. The van der Waals surface area contributed by atoms with Crippen molar-refractivity contribution in [2.24, 2.45) is 5.73 Å². The lowest BCUT2D eigenvalue weighted by atomic mass is 10.0. The molecule has 122 valence electrons. The lowest BCUT2D eigenvalue weighted by molar-refractivity contribution is 0.0927. The molecule has 0 saturated heterocycles. The van der Waals surface area contributed by atoms with Crippen LogP contribution in [-0.2, 0) is 15.7 Å². The molecule has 0 bridgehead atoms. The fraction of sp³-hybridized carbons (Fsp3) is 0.188. The zero-order valence-corrected chi connectivity index (χ0v) is 15.1. The van der Waals surface area contributed by atoms with Crippen LogP contribution in [0.1, 0.15) is 27.0 Å². The van der Waals surface area contributed by atoms with Crippen LogP contribution in [0.5, 0.6) is 0 Å². The van der Waals surface area contributed by atoms with E-state index in [0.717, 1.165) is 11.1 Å². The van der Waals surface area contributed by atoms with Crippen LogP contribution in [0, 0.1) is 13.8 Å². The number of hydrogen-bond donors (Lipinski definition) is 3. The molecule has 5 nitrogen and oxygen atoms in total. The highest BCUT2D eigenvalue weighted by molar-refractivity contribution is 9.10. The van der Waals surface area contributed by atoms with Gasteiger partial charge in [-0.25, -0.2) is 8.42 Å². The molecule has 23 heavy (non-hydrogen) atoms. The van der Waals surface area contributed by atoms with Gasteiger partial charge in [-0.3, -0.25) is 10.5 Å². The van der Waals surface area contributed by atoms with Crippen LogP contribution in [0.4, 0.5) is 0 Å². The van der Waals surface area contributed by atoms with Crippen LogP contribution in [0.25, 0.3) is 0 Å². The number of nitrogens with two attached hydrogens (primary N) is 1. The SMILES string of the molecule is Cc1ccc(C(N)(NC(=O)c2ccccc2)[SH](=O)=O)c(Br)c1C. The molecular weight excluding hydrogens is 380 g/mol. The minimum Gasteiger partial charge on any atom is -0.318 e. The normalized spacial score (nSPS) is 13.6. The van der Waals surface area contributed by atoms with Crippen LogP contribution in [0.3, 0.4) is 0 Å². The van der Waals surface area contributed by atoms with Gasteiger partial charge >= 0.3 is 0 Å². The molecule has 1 atom stereocenters. The van der Waals surface area contributed by atoms with Gasteiger partial charge in [-0.2, -0.15) is 0 Å². The lowest BCUT2D eigenvalue weighted by Gasteiger charge is -2.27. The summed E-state index contributed by atoms with van der Waals surface area (Å²) in [6.45, 7) is 3.75. The quantitative estimate of drug-likeness (QED) is 0.545. The summed E-state index contributed by atoms with van der Waals surface area (Å²) >= 11 is 3.38. The van der Waals surface area contributed by atoms with Crippen molar-refractivity contribution >= 4 is 32.5 Å². The maximum atomic E-state index is 12.3. The van der Waals surface area contributed by atoms with E-state index in [1.54, 1.807) is 42.5 Å². The van der Waals surface area contributed by atoms with Crippen LogP contribution in [0.2, 0.25) is 0 Å². The molecule has 0 aliphatic rings. The van der Waals surface area contributed by atoms with E-state index < -0.39 is 21.6 Å². The third kappa shape index (κ3) is 3.46. The summed E-state index contributed by atoms with van der Waals surface area (Å²) < 4.78 is 24.2. The molecule has 0 spiro atoms. The van der Waals surface area contributed by atoms with Gasteiger partial charge in [-0.1, -0.05) is 46.3 Å². The molecule has 0 aliphatic heterocycles. The van der Waals surface area contributed by atoms with Gasteiger partial charge in [0.05, 0.1) is 0 Å². The zero-order chi connectivity index (χ0) is 17.2. The van der Waals surface area contributed by atoms with Gasteiger partial charge in [0.25, 0.3) is 5.91 Å². The Balaban J connectivity index is 2.49. The van der Waals surface area contributed by atoms with E-state index >= 15 is 0 Å². The van der Waals surface area contributed by atoms with Crippen molar-refractivity contribution in [2.45, 2.75) is 18.8 Å². The molecular formula is C16H17BrN2O3S. The number of halogens is 1. The molecule has 0 heterocycles. The molecule has 0 aromatic heterocycles. The Bertz CT molecular complexity index is 814. The van der Waals surface area contributed by atoms with E-state index in [-0.39, 0.29) is 0 Å². The van der Waals surface area contributed by atoms with Gasteiger partial charge in [0.15, 0.2) is 10.7 Å². The van der Waals surface area contributed by atoms with E-state index in [4.69, 9.17) is 5.73 Å². The first-order chi connectivity index (χ1) is 10.8. The Kier molecular flexibility index (Phi) is 5.23. The standard InChI is InChI=1S/C16H17BrN2O3S/c1-10-8-9-13(14(17)11(10)2)16(18,23(21)22)19-15(20)12-6-4-3-5-7-12/h3-9,23H,18H2,1-2H3,(H,19,20). The number of nitrogens with one attached hydrogen (secondary N) is 1. The number of rotatable bonds is 4. The second-order valence-corrected chi connectivity index (χ2v) is 7.23. The van der Waals surface area contributed by atoms with Gasteiger partial charge in [0.1, 0.15) is 0 Å². The second-order valence-electron chi connectivity index (χ2n) is 5.21. The minimum atomic E-state index is -3.17. The van der Waals surface area contributed by atoms with Gasteiger partial charge in [0, 0.05) is 15.6 Å². The predicted molar refractivity (Wildman–Crippen MR) is 93.7 cm³/mol. The molecule has 1 amide bonds. The first-order valence-electron chi connectivity index (χ1n) is 6.84. The highest BCUT2D eigenvalue weighted by Crippen LogP contribution is 2.30. The fourth-order valence-corrected chi connectivity index (χ4v) is 3.61. The topological polar surface area (TPSA) is 89.3 Å². The summed E-state index contributed by atoms with van der Waals surface area (Å²) in [5, 5.41) is 2.43. The molecule has 1 unspecified atom stereocenters. The third-order valence-electron chi connectivity index (χ3n) is 3.70. The second kappa shape index (κ2) is 6.82. The van der Waals surface area contributed by atoms with Crippen molar-refractivity contribution < 1.29 is 13.2 Å². The van der Waals surface area contributed by atoms with Crippen LogP contribution < -0.4 is 11.1 Å². The van der Waals surface area contributed by atoms with Crippen LogP contribution >= 0.6 is 15.9 Å². The summed E-state index contributed by atoms with van der Waals surface area (Å²) in [4.78, 5) is 10.3. The minimum absolute atomic E-state index is 0.293. The molecule has 3 N–H and O–H groups in total. The predicted octanol–water partition coefficient (Wildman–Crippen LogP) is 2.18. The Hall–Kier alpha value is -1.70. The maximum absolute atomic E-state index is 12.3. The molecule has 2 aromatic rings. The Morgan fingerprint density at radius 1 is 1.13 bits per heavy atom. The summed E-state index contributed by atoms with van der Waals surface area (Å²) in [6.07, 6.45) is 0. The Morgan fingerprint density at radius 2 is 1.74 bits per heavy atom. The zero-order valence-electron chi connectivity index (χ0n) is 12.7. The number of aryl methyl sites for hydroxylation is 1. The molecule has 7 heteroatoms. The van der Waals surface area contributed by atoms with E-state index in [0.29, 0.717) is 15.6 Å². The lowest BCUT2D eigenvalue weighted by Crippen LogP contribution is -2.54. The first kappa shape index (κ1) is 17.7. The number of benzene rings is 2. The van der Waals surface area contributed by atoms with E-state index in [1.807, 2.05) is 13.8 Å². The number of carbonyl (C=O) groups excluding carboxylic acids is 1. The molecule has 0 radical (unpaired) electrons. The average molecular weight is 397 g/mol.